The maximum atomic E-state index is 13.2. The van der Waals surface area contributed by atoms with Crippen molar-refractivity contribution in [2.75, 3.05) is 18.6 Å². The van der Waals surface area contributed by atoms with Gasteiger partial charge in [0.15, 0.2) is 0 Å². The maximum absolute atomic E-state index is 13.2. The van der Waals surface area contributed by atoms with Crippen LogP contribution in [0, 0.1) is 0 Å². The SMILES string of the molecule is COc1cccc(N2C(=O)NC3CCN(S(=O)(=O)c4cccs4)C3C2=O)c1. The number of imide groups is 1. The molecule has 0 radical (unpaired) electrons. The Balaban J connectivity index is 1.71. The highest BCUT2D eigenvalue weighted by molar-refractivity contribution is 7.91. The molecule has 0 spiro atoms. The van der Waals surface area contributed by atoms with Crippen LogP contribution in [0.1, 0.15) is 6.42 Å². The summed E-state index contributed by atoms with van der Waals surface area (Å²) in [5.41, 5.74) is 0.329. The molecule has 1 aromatic carbocycles. The number of hydrogen-bond donors (Lipinski definition) is 1. The molecule has 2 fully saturated rings. The first-order valence-corrected chi connectivity index (χ1v) is 10.6. The number of ether oxygens (including phenoxy) is 1. The molecule has 3 amide bonds. The highest BCUT2D eigenvalue weighted by Gasteiger charge is 2.52. The Labute approximate surface area is 160 Å². The number of nitrogens with zero attached hydrogens (tertiary/aromatic N) is 2. The third-order valence-corrected chi connectivity index (χ3v) is 7.96. The molecule has 1 N–H and O–H groups in total. The highest BCUT2D eigenvalue weighted by Crippen LogP contribution is 2.33. The number of nitrogens with one attached hydrogen (secondary N) is 1. The van der Waals surface area contributed by atoms with Gasteiger partial charge in [0.05, 0.1) is 18.8 Å². The van der Waals surface area contributed by atoms with Gasteiger partial charge >= 0.3 is 6.03 Å². The largest absolute Gasteiger partial charge is 0.497 e. The van der Waals surface area contributed by atoms with Crippen molar-refractivity contribution in [3.8, 4) is 5.75 Å². The monoisotopic (exact) mass is 407 g/mol. The van der Waals surface area contributed by atoms with E-state index in [1.54, 1.807) is 35.7 Å². The first-order valence-electron chi connectivity index (χ1n) is 8.27. The van der Waals surface area contributed by atoms with E-state index < -0.39 is 34.0 Å². The molecule has 2 saturated heterocycles. The van der Waals surface area contributed by atoms with E-state index in [0.29, 0.717) is 17.9 Å². The number of rotatable bonds is 4. The molecule has 2 aliphatic heterocycles. The van der Waals surface area contributed by atoms with Gasteiger partial charge in [-0.1, -0.05) is 12.1 Å². The van der Waals surface area contributed by atoms with E-state index >= 15 is 0 Å². The van der Waals surface area contributed by atoms with Crippen molar-refractivity contribution < 1.29 is 22.7 Å². The number of sulfonamides is 1. The quantitative estimate of drug-likeness (QED) is 0.831. The summed E-state index contributed by atoms with van der Waals surface area (Å²) in [6.07, 6.45) is 0.388. The van der Waals surface area contributed by atoms with Crippen LogP contribution in [-0.2, 0) is 14.8 Å². The minimum absolute atomic E-state index is 0.174. The molecular formula is C17H17N3O5S2. The number of carbonyl (C=O) groups is 2. The molecule has 2 unspecified atom stereocenters. The van der Waals surface area contributed by atoms with Gasteiger partial charge in [-0.25, -0.2) is 18.1 Å². The predicted octanol–water partition coefficient (Wildman–Crippen LogP) is 1.64. The van der Waals surface area contributed by atoms with Gasteiger partial charge in [0, 0.05) is 12.6 Å². The molecule has 4 rings (SSSR count). The predicted molar refractivity (Wildman–Crippen MR) is 99.4 cm³/mol. The van der Waals surface area contributed by atoms with E-state index in [2.05, 4.69) is 5.32 Å². The number of thiophene rings is 1. The van der Waals surface area contributed by atoms with Crippen LogP contribution in [-0.4, -0.2) is 50.4 Å². The van der Waals surface area contributed by atoms with Crippen LogP contribution in [0.4, 0.5) is 10.5 Å². The average molecular weight is 407 g/mol. The topological polar surface area (TPSA) is 96.0 Å². The summed E-state index contributed by atoms with van der Waals surface area (Å²) in [6.45, 7) is 0.174. The van der Waals surface area contributed by atoms with Gasteiger partial charge in [0.2, 0.25) is 0 Å². The minimum atomic E-state index is -3.81. The molecule has 2 aromatic rings. The fourth-order valence-electron chi connectivity index (χ4n) is 3.46. The summed E-state index contributed by atoms with van der Waals surface area (Å²) in [5, 5.41) is 4.44. The Kier molecular flexibility index (Phi) is 4.41. The normalized spacial score (nSPS) is 23.2. The lowest BCUT2D eigenvalue weighted by Crippen LogP contribution is -2.64. The third-order valence-electron chi connectivity index (χ3n) is 4.71. The van der Waals surface area contributed by atoms with Crippen LogP contribution < -0.4 is 15.0 Å². The number of urea groups is 1. The number of anilines is 1. The number of amides is 3. The maximum Gasteiger partial charge on any atom is 0.329 e. The summed E-state index contributed by atoms with van der Waals surface area (Å²) >= 11 is 1.10. The minimum Gasteiger partial charge on any atom is -0.497 e. The number of hydrogen-bond acceptors (Lipinski definition) is 6. The summed E-state index contributed by atoms with van der Waals surface area (Å²) in [4.78, 5) is 26.7. The van der Waals surface area contributed by atoms with Gasteiger partial charge in [0.25, 0.3) is 15.9 Å². The van der Waals surface area contributed by atoms with E-state index in [9.17, 15) is 18.0 Å². The standard InChI is InChI=1S/C17H17N3O5S2/c1-25-12-5-2-4-11(10-12)20-16(21)15-13(18-17(20)22)7-8-19(15)27(23,24)14-6-3-9-26-14/h2-6,9-10,13,15H,7-8H2,1H3,(H,18,22). The lowest BCUT2D eigenvalue weighted by Gasteiger charge is -2.36. The molecule has 27 heavy (non-hydrogen) atoms. The zero-order valence-corrected chi connectivity index (χ0v) is 16.0. The summed E-state index contributed by atoms with van der Waals surface area (Å²) in [7, 11) is -2.32. The number of benzene rings is 1. The lowest BCUT2D eigenvalue weighted by atomic mass is 10.1. The van der Waals surface area contributed by atoms with Crippen molar-refractivity contribution in [3.63, 3.8) is 0 Å². The van der Waals surface area contributed by atoms with Crippen LogP contribution >= 0.6 is 11.3 Å². The molecule has 2 aliphatic rings. The van der Waals surface area contributed by atoms with Crippen molar-refractivity contribution in [1.82, 2.24) is 9.62 Å². The molecule has 142 valence electrons. The van der Waals surface area contributed by atoms with Gasteiger partial charge < -0.3 is 10.1 Å². The van der Waals surface area contributed by atoms with Gasteiger partial charge in [-0.2, -0.15) is 4.31 Å². The van der Waals surface area contributed by atoms with Gasteiger partial charge in [-0.05, 0) is 30.0 Å². The van der Waals surface area contributed by atoms with Crippen LogP contribution in [0.3, 0.4) is 0 Å². The average Bonchev–Trinajstić information content (AvgIpc) is 3.32. The van der Waals surface area contributed by atoms with E-state index in [0.717, 1.165) is 16.2 Å². The first-order chi connectivity index (χ1) is 12.9. The second kappa shape index (κ2) is 6.63. The van der Waals surface area contributed by atoms with Crippen molar-refractivity contribution in [2.45, 2.75) is 22.7 Å². The molecular weight excluding hydrogens is 390 g/mol. The summed E-state index contributed by atoms with van der Waals surface area (Å²) < 4.78 is 32.4. The second-order valence-corrected chi connectivity index (χ2v) is 9.28. The molecule has 10 heteroatoms. The van der Waals surface area contributed by atoms with Crippen molar-refractivity contribution in [1.29, 1.82) is 0 Å². The Morgan fingerprint density at radius 1 is 1.22 bits per heavy atom. The van der Waals surface area contributed by atoms with Gasteiger partial charge in [0.1, 0.15) is 16.0 Å². The van der Waals surface area contributed by atoms with Crippen LogP contribution in [0.2, 0.25) is 0 Å². The molecule has 8 nitrogen and oxygen atoms in total. The Morgan fingerprint density at radius 3 is 2.74 bits per heavy atom. The third kappa shape index (κ3) is 2.89. The fourth-order valence-corrected chi connectivity index (χ4v) is 6.21. The first kappa shape index (κ1) is 18.0. The lowest BCUT2D eigenvalue weighted by molar-refractivity contribution is -0.122. The molecule has 2 atom stereocenters. The molecule has 0 aliphatic carbocycles. The summed E-state index contributed by atoms with van der Waals surface area (Å²) in [6, 6.07) is 7.61. The molecule has 1 aromatic heterocycles. The van der Waals surface area contributed by atoms with E-state index in [1.807, 2.05) is 0 Å². The van der Waals surface area contributed by atoms with Gasteiger partial charge in [-0.3, -0.25) is 4.79 Å². The van der Waals surface area contributed by atoms with Crippen molar-refractivity contribution in [2.24, 2.45) is 0 Å². The number of methoxy groups -OCH3 is 1. The fraction of sp³-hybridized carbons (Fsp3) is 0.294. The second-order valence-electron chi connectivity index (χ2n) is 6.21. The summed E-state index contributed by atoms with van der Waals surface area (Å²) in [5.74, 6) is -0.0701. The van der Waals surface area contributed by atoms with E-state index in [4.69, 9.17) is 4.74 Å². The van der Waals surface area contributed by atoms with Crippen LogP contribution in [0.5, 0.6) is 5.75 Å². The number of carbonyl (C=O) groups excluding carboxylic acids is 2. The van der Waals surface area contributed by atoms with E-state index in [1.165, 1.54) is 17.5 Å². The Hall–Kier alpha value is -2.43. The van der Waals surface area contributed by atoms with Crippen LogP contribution in [0.15, 0.2) is 46.0 Å². The van der Waals surface area contributed by atoms with Gasteiger partial charge in [-0.15, -0.1) is 11.3 Å². The zero-order valence-electron chi connectivity index (χ0n) is 14.4. The van der Waals surface area contributed by atoms with Crippen molar-refractivity contribution >= 4 is 39.0 Å². The van der Waals surface area contributed by atoms with Crippen molar-refractivity contribution in [3.05, 3.63) is 41.8 Å². The van der Waals surface area contributed by atoms with E-state index in [-0.39, 0.29) is 10.8 Å². The molecule has 3 heterocycles. The Morgan fingerprint density at radius 2 is 2.04 bits per heavy atom. The molecule has 0 bridgehead atoms. The van der Waals surface area contributed by atoms with Crippen LogP contribution in [0.25, 0.3) is 0 Å². The Bertz CT molecular complexity index is 990. The smallest absolute Gasteiger partial charge is 0.329 e. The number of fused-ring (bicyclic) bond motifs is 1. The zero-order chi connectivity index (χ0) is 19.2. The molecule has 0 saturated carbocycles. The highest BCUT2D eigenvalue weighted by atomic mass is 32.2.